The number of rotatable bonds is 3. The van der Waals surface area contributed by atoms with Gasteiger partial charge in [0.25, 0.3) is 0 Å². The van der Waals surface area contributed by atoms with E-state index in [2.05, 4.69) is 10.6 Å². The van der Waals surface area contributed by atoms with E-state index in [1.54, 1.807) is 18.2 Å². The van der Waals surface area contributed by atoms with Gasteiger partial charge in [0.2, 0.25) is 0 Å². The van der Waals surface area contributed by atoms with Gasteiger partial charge >= 0.3 is 6.03 Å². The molecule has 2 aromatic rings. The summed E-state index contributed by atoms with van der Waals surface area (Å²) in [6.45, 7) is 0. The van der Waals surface area contributed by atoms with Crippen molar-refractivity contribution < 1.29 is 18.0 Å². The molecule has 7 heteroatoms. The van der Waals surface area contributed by atoms with E-state index in [1.165, 1.54) is 0 Å². The van der Waals surface area contributed by atoms with Crippen LogP contribution in [-0.4, -0.2) is 20.1 Å². The molecule has 2 rings (SSSR count). The van der Waals surface area contributed by atoms with Crippen LogP contribution in [-0.2, 0) is 0 Å². The highest BCUT2D eigenvalue weighted by Crippen LogP contribution is 2.21. The molecule has 0 radical (unpaired) electrons. The third kappa shape index (κ3) is 3.49. The highest BCUT2D eigenvalue weighted by Gasteiger charge is 2.15. The normalized spacial score (nSPS) is 10.2. The average Bonchev–Trinajstić information content (AvgIpc) is 2.48. The first-order valence-electron chi connectivity index (χ1n) is 6.37. The van der Waals surface area contributed by atoms with Crippen LogP contribution in [0.3, 0.4) is 0 Å². The largest absolute Gasteiger partial charge is 0.378 e. The van der Waals surface area contributed by atoms with Crippen molar-refractivity contribution in [3.05, 3.63) is 53.8 Å². The molecule has 0 heterocycles. The second-order valence-corrected chi connectivity index (χ2v) is 4.75. The molecule has 0 saturated carbocycles. The van der Waals surface area contributed by atoms with Crippen LogP contribution in [0.5, 0.6) is 0 Å². The first-order chi connectivity index (χ1) is 10.4. The van der Waals surface area contributed by atoms with Crippen LogP contribution in [0.4, 0.5) is 35.0 Å². The first kappa shape index (κ1) is 15.7. The van der Waals surface area contributed by atoms with Gasteiger partial charge in [-0.3, -0.25) is 0 Å². The number of carbonyl (C=O) groups is 1. The summed E-state index contributed by atoms with van der Waals surface area (Å²) >= 11 is 0. The number of halogens is 3. The molecule has 0 spiro atoms. The minimum atomic E-state index is -1.63. The van der Waals surface area contributed by atoms with Crippen LogP contribution in [0, 0.1) is 17.5 Å². The molecular formula is C15H14F3N3O. The number of hydrogen-bond donors (Lipinski definition) is 2. The number of benzene rings is 2. The van der Waals surface area contributed by atoms with Crippen LogP contribution in [0.2, 0.25) is 0 Å². The summed E-state index contributed by atoms with van der Waals surface area (Å²) < 4.78 is 39.4. The van der Waals surface area contributed by atoms with E-state index in [0.717, 1.165) is 17.8 Å². The molecule has 0 saturated heterocycles. The Hall–Kier alpha value is -2.70. The molecule has 2 aromatic carbocycles. The van der Waals surface area contributed by atoms with Gasteiger partial charge in [0.15, 0.2) is 17.5 Å². The maximum atomic E-state index is 13.5. The Morgan fingerprint density at radius 2 is 1.73 bits per heavy atom. The Bertz CT molecular complexity index is 704. The lowest BCUT2D eigenvalue weighted by atomic mass is 10.2. The summed E-state index contributed by atoms with van der Waals surface area (Å²) in [5, 5.41) is 4.62. The molecule has 0 fully saturated rings. The van der Waals surface area contributed by atoms with Crippen LogP contribution in [0.15, 0.2) is 36.4 Å². The van der Waals surface area contributed by atoms with E-state index in [4.69, 9.17) is 0 Å². The first-order valence-corrected chi connectivity index (χ1v) is 6.37. The maximum Gasteiger partial charge on any atom is 0.323 e. The summed E-state index contributed by atoms with van der Waals surface area (Å²) in [5.41, 5.74) is 0.892. The van der Waals surface area contributed by atoms with Crippen molar-refractivity contribution in [2.24, 2.45) is 0 Å². The van der Waals surface area contributed by atoms with Gasteiger partial charge in [-0.05, 0) is 30.3 Å². The minimum absolute atomic E-state index is 0.444. The van der Waals surface area contributed by atoms with Crippen molar-refractivity contribution in [2.75, 3.05) is 29.6 Å². The number of nitrogens with zero attached hydrogens (tertiary/aromatic N) is 1. The summed E-state index contributed by atoms with van der Waals surface area (Å²) in [7, 11) is 3.69. The van der Waals surface area contributed by atoms with Gasteiger partial charge in [-0.25, -0.2) is 18.0 Å². The van der Waals surface area contributed by atoms with Gasteiger partial charge < -0.3 is 15.5 Å². The molecule has 0 unspecified atom stereocenters. The minimum Gasteiger partial charge on any atom is -0.378 e. The van der Waals surface area contributed by atoms with E-state index < -0.39 is 29.2 Å². The van der Waals surface area contributed by atoms with E-state index >= 15 is 0 Å². The Kier molecular flexibility index (Phi) is 4.55. The molecule has 0 aliphatic rings. The van der Waals surface area contributed by atoms with Crippen LogP contribution < -0.4 is 15.5 Å². The second kappa shape index (κ2) is 6.38. The van der Waals surface area contributed by atoms with Gasteiger partial charge in [0.1, 0.15) is 0 Å². The summed E-state index contributed by atoms with van der Waals surface area (Å²) in [6.07, 6.45) is 0. The number of anilines is 3. The maximum absolute atomic E-state index is 13.5. The molecule has 2 N–H and O–H groups in total. The third-order valence-electron chi connectivity index (χ3n) is 2.90. The number of hydrogen-bond acceptors (Lipinski definition) is 2. The van der Waals surface area contributed by atoms with Crippen LogP contribution in [0.25, 0.3) is 0 Å². The van der Waals surface area contributed by atoms with Crippen molar-refractivity contribution in [1.29, 1.82) is 0 Å². The second-order valence-electron chi connectivity index (χ2n) is 4.75. The number of urea groups is 1. The van der Waals surface area contributed by atoms with Gasteiger partial charge in [0, 0.05) is 25.5 Å². The lowest BCUT2D eigenvalue weighted by Crippen LogP contribution is -2.21. The molecule has 0 aliphatic heterocycles. The van der Waals surface area contributed by atoms with Crippen molar-refractivity contribution in [1.82, 2.24) is 0 Å². The Labute approximate surface area is 125 Å². The molecule has 0 aliphatic carbocycles. The molecular weight excluding hydrogens is 295 g/mol. The fourth-order valence-electron chi connectivity index (χ4n) is 1.77. The number of nitrogens with one attached hydrogen (secondary N) is 2. The van der Waals surface area contributed by atoms with Gasteiger partial charge in [-0.15, -0.1) is 0 Å². The SMILES string of the molecule is CN(C)c1cccc(NC(=O)Nc2ccc(F)c(F)c2F)c1. The number of amides is 2. The Morgan fingerprint density at radius 3 is 2.41 bits per heavy atom. The predicted molar refractivity (Wildman–Crippen MR) is 79.7 cm³/mol. The zero-order valence-electron chi connectivity index (χ0n) is 12.0. The van der Waals surface area contributed by atoms with E-state index in [1.807, 2.05) is 25.1 Å². The quantitative estimate of drug-likeness (QED) is 0.847. The van der Waals surface area contributed by atoms with E-state index in [-0.39, 0.29) is 0 Å². The number of carbonyl (C=O) groups excluding carboxylic acids is 1. The van der Waals surface area contributed by atoms with Crippen LogP contribution in [0.1, 0.15) is 0 Å². The van der Waals surface area contributed by atoms with Gasteiger partial charge in [0.05, 0.1) is 5.69 Å². The molecule has 0 bridgehead atoms. The summed E-state index contributed by atoms with van der Waals surface area (Å²) in [5.74, 6) is -4.40. The van der Waals surface area contributed by atoms with Crippen molar-refractivity contribution in [3.8, 4) is 0 Å². The average molecular weight is 309 g/mol. The fraction of sp³-hybridized carbons (Fsp3) is 0.133. The van der Waals surface area contributed by atoms with Crippen LogP contribution >= 0.6 is 0 Å². The molecule has 116 valence electrons. The Morgan fingerprint density at radius 1 is 1.00 bits per heavy atom. The molecule has 4 nitrogen and oxygen atoms in total. The zero-order valence-corrected chi connectivity index (χ0v) is 12.0. The van der Waals surface area contributed by atoms with Crippen molar-refractivity contribution in [3.63, 3.8) is 0 Å². The van der Waals surface area contributed by atoms with Crippen molar-refractivity contribution >= 4 is 23.1 Å². The predicted octanol–water partition coefficient (Wildman–Crippen LogP) is 3.81. The smallest absolute Gasteiger partial charge is 0.323 e. The highest BCUT2D eigenvalue weighted by molar-refractivity contribution is 6.00. The third-order valence-corrected chi connectivity index (χ3v) is 2.90. The topological polar surface area (TPSA) is 44.4 Å². The lowest BCUT2D eigenvalue weighted by Gasteiger charge is -2.14. The molecule has 0 aromatic heterocycles. The fourth-order valence-corrected chi connectivity index (χ4v) is 1.77. The molecule has 22 heavy (non-hydrogen) atoms. The lowest BCUT2D eigenvalue weighted by molar-refractivity contribution is 0.262. The monoisotopic (exact) mass is 309 g/mol. The molecule has 0 atom stereocenters. The van der Waals surface area contributed by atoms with E-state index in [9.17, 15) is 18.0 Å². The van der Waals surface area contributed by atoms with E-state index in [0.29, 0.717) is 5.69 Å². The van der Waals surface area contributed by atoms with Gasteiger partial charge in [-0.2, -0.15) is 0 Å². The summed E-state index contributed by atoms with van der Waals surface area (Å²) in [6, 6.07) is 7.86. The Balaban J connectivity index is 2.11. The summed E-state index contributed by atoms with van der Waals surface area (Å²) in [4.78, 5) is 13.6. The highest BCUT2D eigenvalue weighted by atomic mass is 19.2. The zero-order chi connectivity index (χ0) is 16.3. The molecule has 2 amide bonds. The van der Waals surface area contributed by atoms with Gasteiger partial charge in [-0.1, -0.05) is 6.07 Å². The standard InChI is InChI=1S/C15H14F3N3O/c1-21(2)10-5-3-4-9(8-10)19-15(22)20-12-7-6-11(16)13(17)14(12)18/h3-8H,1-2H3,(H2,19,20,22). The van der Waals surface area contributed by atoms with Crippen molar-refractivity contribution in [2.45, 2.75) is 0 Å².